The highest BCUT2D eigenvalue weighted by Gasteiger charge is 2.48. The van der Waals surface area contributed by atoms with Gasteiger partial charge in [-0.05, 0) is 24.3 Å². The maximum Gasteiger partial charge on any atom is 0.261 e. The summed E-state index contributed by atoms with van der Waals surface area (Å²) in [6, 6.07) is 7.94. The van der Waals surface area contributed by atoms with Gasteiger partial charge in [-0.15, -0.1) is 0 Å². The zero-order chi connectivity index (χ0) is 15.0. The van der Waals surface area contributed by atoms with E-state index in [2.05, 4.69) is 10.3 Å². The first-order chi connectivity index (χ1) is 10.0. The van der Waals surface area contributed by atoms with Crippen molar-refractivity contribution in [2.45, 2.75) is 12.0 Å². The van der Waals surface area contributed by atoms with E-state index >= 15 is 0 Å². The average Bonchev–Trinajstić information content (AvgIpc) is 2.72. The predicted octanol–water partition coefficient (Wildman–Crippen LogP) is 2.15. The van der Waals surface area contributed by atoms with Crippen LogP contribution in [0.3, 0.4) is 0 Å². The fourth-order valence-corrected chi connectivity index (χ4v) is 2.76. The highest BCUT2D eigenvalue weighted by molar-refractivity contribution is 6.33. The van der Waals surface area contributed by atoms with Crippen LogP contribution in [0.1, 0.15) is 22.3 Å². The summed E-state index contributed by atoms with van der Waals surface area (Å²) in [5.41, 5.74) is -0.892. The number of anilines is 1. The molecule has 5 nitrogen and oxygen atoms in total. The van der Waals surface area contributed by atoms with Gasteiger partial charge in [0, 0.05) is 34.2 Å². The number of hydrogen-bond acceptors (Lipinski definition) is 4. The Hall–Kier alpha value is -2.24. The Morgan fingerprint density at radius 1 is 1.29 bits per heavy atom. The zero-order valence-electron chi connectivity index (χ0n) is 10.8. The van der Waals surface area contributed by atoms with Crippen molar-refractivity contribution >= 4 is 29.0 Å². The molecule has 2 aromatic rings. The minimum absolute atomic E-state index is 0.246. The summed E-state index contributed by atoms with van der Waals surface area (Å²) in [7, 11) is 0. The van der Waals surface area contributed by atoms with Crippen LogP contribution in [-0.4, -0.2) is 21.8 Å². The highest BCUT2D eigenvalue weighted by atomic mass is 35.5. The van der Waals surface area contributed by atoms with Crippen molar-refractivity contribution in [2.24, 2.45) is 0 Å². The lowest BCUT2D eigenvalue weighted by atomic mass is 9.88. The summed E-state index contributed by atoms with van der Waals surface area (Å²) >= 11 is 6.08. The average molecular weight is 303 g/mol. The molecule has 106 valence electrons. The van der Waals surface area contributed by atoms with Crippen LogP contribution in [0.4, 0.5) is 5.69 Å². The van der Waals surface area contributed by atoms with Gasteiger partial charge in [0.25, 0.3) is 5.91 Å². The Labute approximate surface area is 125 Å². The number of ketones is 1. The second-order valence-corrected chi connectivity index (χ2v) is 5.22. The van der Waals surface area contributed by atoms with Gasteiger partial charge in [0.05, 0.1) is 6.42 Å². The van der Waals surface area contributed by atoms with Crippen LogP contribution < -0.4 is 5.32 Å². The van der Waals surface area contributed by atoms with Crippen LogP contribution in [-0.2, 0) is 10.4 Å². The number of nitrogens with one attached hydrogen (secondary N) is 1. The van der Waals surface area contributed by atoms with E-state index in [1.165, 1.54) is 24.5 Å². The number of carbonyl (C=O) groups is 2. The van der Waals surface area contributed by atoms with Crippen LogP contribution in [0.25, 0.3) is 0 Å². The van der Waals surface area contributed by atoms with Crippen molar-refractivity contribution < 1.29 is 14.7 Å². The van der Waals surface area contributed by atoms with Gasteiger partial charge in [-0.1, -0.05) is 17.7 Å². The minimum atomic E-state index is -1.95. The number of hydrogen-bond donors (Lipinski definition) is 2. The lowest BCUT2D eigenvalue weighted by molar-refractivity contribution is -0.133. The Kier molecular flexibility index (Phi) is 3.23. The summed E-state index contributed by atoms with van der Waals surface area (Å²) in [6.07, 6.45) is 2.58. The van der Waals surface area contributed by atoms with Crippen molar-refractivity contribution in [3.63, 3.8) is 0 Å². The molecular weight excluding hydrogens is 292 g/mol. The number of amides is 1. The molecule has 21 heavy (non-hydrogen) atoms. The van der Waals surface area contributed by atoms with Crippen LogP contribution in [0.5, 0.6) is 0 Å². The van der Waals surface area contributed by atoms with E-state index in [4.69, 9.17) is 11.6 Å². The molecule has 0 fully saturated rings. The largest absolute Gasteiger partial charge is 0.375 e. The van der Waals surface area contributed by atoms with Crippen molar-refractivity contribution in [2.75, 3.05) is 5.32 Å². The third-order valence-corrected chi connectivity index (χ3v) is 3.78. The van der Waals surface area contributed by atoms with Gasteiger partial charge < -0.3 is 10.4 Å². The molecule has 0 aliphatic carbocycles. The molecular formula is C15H11ClN2O3. The van der Waals surface area contributed by atoms with Crippen LogP contribution >= 0.6 is 11.6 Å². The SMILES string of the molecule is O=C(CC1(O)C(=O)Nc2cccc(Cl)c21)c1ccncc1. The van der Waals surface area contributed by atoms with Crippen molar-refractivity contribution in [3.05, 3.63) is 58.9 Å². The van der Waals surface area contributed by atoms with E-state index in [-0.39, 0.29) is 22.8 Å². The maximum absolute atomic E-state index is 12.3. The normalized spacial score (nSPS) is 20.0. The number of pyridine rings is 1. The molecule has 6 heteroatoms. The summed E-state index contributed by atoms with van der Waals surface area (Å²) in [5.74, 6) is -1.00. The third-order valence-electron chi connectivity index (χ3n) is 3.47. The quantitative estimate of drug-likeness (QED) is 0.851. The molecule has 2 heterocycles. The van der Waals surface area contributed by atoms with E-state index in [1.54, 1.807) is 18.2 Å². The van der Waals surface area contributed by atoms with Crippen LogP contribution in [0, 0.1) is 0 Å². The number of nitrogens with zero attached hydrogens (tertiary/aromatic N) is 1. The molecule has 1 aliphatic rings. The van der Waals surface area contributed by atoms with Crippen LogP contribution in [0.2, 0.25) is 5.02 Å². The molecule has 0 saturated carbocycles. The van der Waals surface area contributed by atoms with E-state index < -0.39 is 11.5 Å². The van der Waals surface area contributed by atoms with E-state index in [0.717, 1.165) is 0 Å². The zero-order valence-corrected chi connectivity index (χ0v) is 11.6. The molecule has 1 aromatic carbocycles. The summed E-state index contributed by atoms with van der Waals surface area (Å²) < 4.78 is 0. The monoisotopic (exact) mass is 302 g/mol. The van der Waals surface area contributed by atoms with Crippen molar-refractivity contribution in [1.29, 1.82) is 0 Å². The van der Waals surface area contributed by atoms with Gasteiger partial charge in [-0.2, -0.15) is 0 Å². The number of aliphatic hydroxyl groups is 1. The molecule has 1 aliphatic heterocycles. The van der Waals surface area contributed by atoms with E-state index in [1.807, 2.05) is 0 Å². The first kappa shape index (κ1) is 13.7. The molecule has 1 unspecified atom stereocenters. The molecule has 3 rings (SSSR count). The number of rotatable bonds is 3. The molecule has 0 saturated heterocycles. The van der Waals surface area contributed by atoms with E-state index in [0.29, 0.717) is 11.3 Å². The first-order valence-corrected chi connectivity index (χ1v) is 6.66. The number of fused-ring (bicyclic) bond motifs is 1. The van der Waals surface area contributed by atoms with Gasteiger partial charge in [0.1, 0.15) is 0 Å². The second kappa shape index (κ2) is 4.95. The van der Waals surface area contributed by atoms with Crippen LogP contribution in [0.15, 0.2) is 42.7 Å². The molecule has 0 radical (unpaired) electrons. The fourth-order valence-electron chi connectivity index (χ4n) is 2.43. The summed E-state index contributed by atoms with van der Waals surface area (Å²) in [6.45, 7) is 0. The van der Waals surface area contributed by atoms with Crippen molar-refractivity contribution in [3.8, 4) is 0 Å². The first-order valence-electron chi connectivity index (χ1n) is 6.28. The Morgan fingerprint density at radius 3 is 2.71 bits per heavy atom. The minimum Gasteiger partial charge on any atom is -0.375 e. The molecule has 1 amide bonds. The highest BCUT2D eigenvalue weighted by Crippen LogP contribution is 2.42. The van der Waals surface area contributed by atoms with Crippen molar-refractivity contribution in [1.82, 2.24) is 4.98 Å². The summed E-state index contributed by atoms with van der Waals surface area (Å²) in [4.78, 5) is 28.2. The predicted molar refractivity (Wildman–Crippen MR) is 77.2 cm³/mol. The van der Waals surface area contributed by atoms with Gasteiger partial charge in [-0.3, -0.25) is 14.6 Å². The molecule has 0 bridgehead atoms. The lowest BCUT2D eigenvalue weighted by Gasteiger charge is -2.20. The number of benzene rings is 1. The molecule has 0 spiro atoms. The van der Waals surface area contributed by atoms with Gasteiger partial charge >= 0.3 is 0 Å². The third kappa shape index (κ3) is 2.20. The standard InChI is InChI=1S/C15H11ClN2O3/c16-10-2-1-3-11-13(10)15(21,14(20)18-11)8-12(19)9-4-6-17-7-5-9/h1-7,21H,8H2,(H,18,20). The molecule has 1 aromatic heterocycles. The second-order valence-electron chi connectivity index (χ2n) is 4.81. The Bertz CT molecular complexity index is 733. The number of aromatic nitrogens is 1. The number of carbonyl (C=O) groups excluding carboxylic acids is 2. The Balaban J connectivity index is 1.99. The molecule has 2 N–H and O–H groups in total. The van der Waals surface area contributed by atoms with Gasteiger partial charge in [0.2, 0.25) is 0 Å². The maximum atomic E-state index is 12.3. The lowest BCUT2D eigenvalue weighted by Crippen LogP contribution is -2.36. The van der Waals surface area contributed by atoms with E-state index in [9.17, 15) is 14.7 Å². The van der Waals surface area contributed by atoms with Gasteiger partial charge in [0.15, 0.2) is 11.4 Å². The topological polar surface area (TPSA) is 79.3 Å². The number of halogens is 1. The van der Waals surface area contributed by atoms with Gasteiger partial charge in [-0.25, -0.2) is 0 Å². The Morgan fingerprint density at radius 2 is 2.00 bits per heavy atom. The summed E-state index contributed by atoms with van der Waals surface area (Å²) in [5, 5.41) is 13.5. The molecule has 1 atom stereocenters. The smallest absolute Gasteiger partial charge is 0.261 e. The fraction of sp³-hybridized carbons (Fsp3) is 0.133. The number of Topliss-reactive ketones (excluding diaryl/α,β-unsaturated/α-hetero) is 1.